The Bertz CT molecular complexity index is 2190. The van der Waals surface area contributed by atoms with Gasteiger partial charge in [-0.15, -0.1) is 15.0 Å². The highest BCUT2D eigenvalue weighted by atomic mass is 16.5. The van der Waals surface area contributed by atoms with E-state index in [4.69, 9.17) is 9.15 Å². The molecule has 0 saturated carbocycles. The molecule has 270 valence electrons. The second-order valence-electron chi connectivity index (χ2n) is 12.7. The van der Waals surface area contributed by atoms with E-state index in [1.54, 1.807) is 37.4 Å². The van der Waals surface area contributed by atoms with Crippen LogP contribution in [0.25, 0.3) is 28.0 Å². The fourth-order valence-electron chi connectivity index (χ4n) is 6.67. The summed E-state index contributed by atoms with van der Waals surface area (Å²) in [4.78, 5) is 29.9. The first kappa shape index (κ1) is 36.5. The smallest absolute Gasteiger partial charge is 0.291 e. The molecule has 0 bridgehead atoms. The molecule has 5 aromatic rings. The van der Waals surface area contributed by atoms with Gasteiger partial charge in [-0.3, -0.25) is 14.5 Å². The van der Waals surface area contributed by atoms with E-state index in [0.29, 0.717) is 27.8 Å². The first-order valence-corrected chi connectivity index (χ1v) is 17.6. The molecule has 52 heavy (non-hydrogen) atoms. The van der Waals surface area contributed by atoms with Gasteiger partial charge in [-0.2, -0.15) is 0 Å². The zero-order chi connectivity index (χ0) is 36.8. The Balaban J connectivity index is 0.00000228. The zero-order valence-electron chi connectivity index (χ0n) is 29.9. The maximum atomic E-state index is 13.3. The van der Waals surface area contributed by atoms with Gasteiger partial charge in [-0.1, -0.05) is 49.8 Å². The van der Waals surface area contributed by atoms with Crippen LogP contribution in [0.5, 0.6) is 0 Å². The molecule has 1 unspecified atom stereocenters. The maximum absolute atomic E-state index is 13.3. The number of tetrazole rings is 1. The van der Waals surface area contributed by atoms with Crippen molar-refractivity contribution in [1.29, 1.82) is 0 Å². The Morgan fingerprint density at radius 2 is 1.79 bits per heavy atom. The van der Waals surface area contributed by atoms with Gasteiger partial charge in [-0.25, -0.2) is 0 Å². The topological polar surface area (TPSA) is 156 Å². The van der Waals surface area contributed by atoms with Crippen LogP contribution in [0.15, 0.2) is 98.7 Å². The Morgan fingerprint density at radius 3 is 2.54 bits per heavy atom. The summed E-state index contributed by atoms with van der Waals surface area (Å²) in [5, 5.41) is 36.2. The van der Waals surface area contributed by atoms with Gasteiger partial charge in [-0.05, 0) is 89.2 Å². The Morgan fingerprint density at radius 1 is 1.04 bits per heavy atom. The van der Waals surface area contributed by atoms with Crippen LogP contribution >= 0.6 is 0 Å². The SMILES string of the molecule is CC.COC1CC2=C(C=C1C)CCN(CCc1ccc(-n3nnc(-c4cc(CO)c(CO)cc4NC(=O)c4cc(=O)c5ccccc5o4)n3)cc1)C2. The minimum atomic E-state index is -0.677. The average molecular weight is 705 g/mol. The van der Waals surface area contributed by atoms with Crippen molar-refractivity contribution in [3.05, 3.63) is 122 Å². The van der Waals surface area contributed by atoms with E-state index >= 15 is 0 Å². The summed E-state index contributed by atoms with van der Waals surface area (Å²) in [7, 11) is 1.78. The third-order valence-electron chi connectivity index (χ3n) is 9.52. The molecule has 1 atom stereocenters. The molecule has 3 N–H and O–H groups in total. The summed E-state index contributed by atoms with van der Waals surface area (Å²) >= 11 is 0. The van der Waals surface area contributed by atoms with E-state index in [1.807, 2.05) is 26.0 Å². The van der Waals surface area contributed by atoms with Crippen LogP contribution in [0.1, 0.15) is 60.9 Å². The van der Waals surface area contributed by atoms with Crippen LogP contribution < -0.4 is 10.7 Å². The van der Waals surface area contributed by atoms with Gasteiger partial charge < -0.3 is 24.7 Å². The molecule has 1 amide bonds. The first-order chi connectivity index (χ1) is 25.3. The second kappa shape index (κ2) is 16.4. The van der Waals surface area contributed by atoms with E-state index in [9.17, 15) is 19.8 Å². The van der Waals surface area contributed by atoms with Crippen molar-refractivity contribution in [3.8, 4) is 17.1 Å². The zero-order valence-corrected chi connectivity index (χ0v) is 29.9. The molecule has 0 saturated heterocycles. The minimum absolute atomic E-state index is 0.175. The number of aromatic nitrogens is 4. The average Bonchev–Trinajstić information content (AvgIpc) is 3.68. The highest BCUT2D eigenvalue weighted by Gasteiger charge is 2.25. The summed E-state index contributed by atoms with van der Waals surface area (Å²) in [5.41, 5.74) is 7.55. The number of nitrogens with one attached hydrogen (secondary N) is 1. The number of anilines is 1. The number of rotatable bonds is 10. The van der Waals surface area contributed by atoms with E-state index < -0.39 is 5.91 Å². The molecular formula is C40H44N6O6. The van der Waals surface area contributed by atoms with Gasteiger partial charge in [0.05, 0.1) is 36.1 Å². The highest BCUT2D eigenvalue weighted by Crippen LogP contribution is 2.32. The van der Waals surface area contributed by atoms with Gasteiger partial charge in [0, 0.05) is 44.8 Å². The Labute approximate surface area is 302 Å². The molecule has 0 spiro atoms. The Hall–Kier alpha value is -5.27. The molecule has 2 aromatic heterocycles. The minimum Gasteiger partial charge on any atom is -0.451 e. The molecule has 3 heterocycles. The second-order valence-corrected chi connectivity index (χ2v) is 12.7. The van der Waals surface area contributed by atoms with Gasteiger partial charge in [0.15, 0.2) is 11.2 Å². The standard InChI is InChI=1S/C38H38N6O6.C2H6/c1-23-15-25-12-14-43(20-26(25)18-35(23)49-2)13-11-24-7-9-29(10-8-24)44-41-37(40-42-44)31-16-27(21-45)28(22-46)17-32(31)39-38(48)36-19-33(47)30-5-3-4-6-34(30)50-36;1-2/h3-10,15-17,19,35,45-46H,11-14,18,20-22H2,1-2H3,(H,39,48);1-2H3. The number of carbonyl (C=O) groups excluding carboxylic acids is 1. The van der Waals surface area contributed by atoms with Crippen molar-refractivity contribution < 1.29 is 24.2 Å². The van der Waals surface area contributed by atoms with Crippen LogP contribution in [-0.4, -0.2) is 74.1 Å². The van der Waals surface area contributed by atoms with Crippen LogP contribution in [0.2, 0.25) is 0 Å². The van der Waals surface area contributed by atoms with Gasteiger partial charge in [0.1, 0.15) is 5.58 Å². The maximum Gasteiger partial charge on any atom is 0.291 e. The van der Waals surface area contributed by atoms with E-state index in [2.05, 4.69) is 50.8 Å². The van der Waals surface area contributed by atoms with E-state index in [1.165, 1.54) is 33.1 Å². The number of aliphatic hydroxyl groups is 2. The number of hydrogen-bond acceptors (Lipinski definition) is 10. The number of methoxy groups -OCH3 is 1. The monoisotopic (exact) mass is 704 g/mol. The Kier molecular flexibility index (Phi) is 11.5. The molecule has 1 aliphatic carbocycles. The number of benzene rings is 3. The number of fused-ring (bicyclic) bond motifs is 1. The van der Waals surface area contributed by atoms with E-state index in [-0.39, 0.29) is 47.6 Å². The van der Waals surface area contributed by atoms with Crippen molar-refractivity contribution in [3.63, 3.8) is 0 Å². The van der Waals surface area contributed by atoms with Crippen molar-refractivity contribution in [2.75, 3.05) is 32.1 Å². The number of aliphatic hydroxyl groups excluding tert-OH is 2. The van der Waals surface area contributed by atoms with Crippen LogP contribution in [-0.2, 0) is 24.4 Å². The lowest BCUT2D eigenvalue weighted by molar-refractivity contribution is 0.0997. The highest BCUT2D eigenvalue weighted by molar-refractivity contribution is 6.05. The molecule has 3 aromatic carbocycles. The molecule has 7 rings (SSSR count). The lowest BCUT2D eigenvalue weighted by atomic mass is 9.86. The van der Waals surface area contributed by atoms with Crippen LogP contribution in [0.3, 0.4) is 0 Å². The van der Waals surface area contributed by atoms with E-state index in [0.717, 1.165) is 45.0 Å². The van der Waals surface area contributed by atoms with Gasteiger partial charge >= 0.3 is 0 Å². The number of hydrogen-bond donors (Lipinski definition) is 3. The molecule has 1 aliphatic heterocycles. The molecule has 12 heteroatoms. The molecule has 12 nitrogen and oxygen atoms in total. The fourth-order valence-corrected chi connectivity index (χ4v) is 6.67. The summed E-state index contributed by atoms with van der Waals surface area (Å²) in [6, 6.07) is 18.9. The lowest BCUT2D eigenvalue weighted by Gasteiger charge is -2.34. The molecule has 2 aliphatic rings. The summed E-state index contributed by atoms with van der Waals surface area (Å²) < 4.78 is 11.4. The molecular weight excluding hydrogens is 660 g/mol. The fraction of sp³-hybridized carbons (Fsp3) is 0.325. The quantitative estimate of drug-likeness (QED) is 0.167. The third kappa shape index (κ3) is 7.80. The largest absolute Gasteiger partial charge is 0.451 e. The summed E-state index contributed by atoms with van der Waals surface area (Å²) in [6.07, 6.45) is 5.43. The molecule has 0 radical (unpaired) electrons. The predicted molar refractivity (Wildman–Crippen MR) is 199 cm³/mol. The van der Waals surface area contributed by atoms with Crippen molar-refractivity contribution in [1.82, 2.24) is 25.1 Å². The lowest BCUT2D eigenvalue weighted by Crippen LogP contribution is -2.35. The molecule has 0 fully saturated rings. The first-order valence-electron chi connectivity index (χ1n) is 17.6. The number of para-hydroxylation sites is 1. The number of carbonyl (C=O) groups is 1. The number of amides is 1. The van der Waals surface area contributed by atoms with Crippen molar-refractivity contribution >= 4 is 22.6 Å². The number of allylic oxidation sites excluding steroid dienone is 1. The summed E-state index contributed by atoms with van der Waals surface area (Å²) in [5.74, 6) is -0.675. The van der Waals surface area contributed by atoms with Gasteiger partial charge in [0.2, 0.25) is 5.82 Å². The van der Waals surface area contributed by atoms with Crippen LogP contribution in [0.4, 0.5) is 5.69 Å². The van der Waals surface area contributed by atoms with Crippen molar-refractivity contribution in [2.45, 2.75) is 59.4 Å². The van der Waals surface area contributed by atoms with Crippen molar-refractivity contribution in [2.24, 2.45) is 0 Å². The predicted octanol–water partition coefficient (Wildman–Crippen LogP) is 5.61. The number of ether oxygens (including phenoxy) is 1. The van der Waals surface area contributed by atoms with Crippen LogP contribution in [0, 0.1) is 0 Å². The van der Waals surface area contributed by atoms with Gasteiger partial charge in [0.25, 0.3) is 5.91 Å². The number of nitrogens with zero attached hydrogens (tertiary/aromatic N) is 5. The third-order valence-corrected chi connectivity index (χ3v) is 9.52. The normalized spacial score (nSPS) is 15.9. The summed E-state index contributed by atoms with van der Waals surface area (Å²) in [6.45, 7) is 8.39.